The van der Waals surface area contributed by atoms with Crippen molar-refractivity contribution in [3.8, 4) is 0 Å². The number of carboxylic acid groups (broad SMARTS) is 1. The van der Waals surface area contributed by atoms with E-state index in [1.807, 2.05) is 0 Å². The van der Waals surface area contributed by atoms with Gasteiger partial charge in [-0.15, -0.1) is 11.3 Å². The standard InChI is InChI=1S/C12H11N3O3S/c13-11(18)7-2-1-3-8(4-7)14-12-15-9(6-19-12)5-10(16)17/h1-4,6H,5H2,(H2,13,18)(H,14,15)(H,16,17). The van der Waals surface area contributed by atoms with Crippen LogP contribution in [-0.2, 0) is 11.2 Å². The molecule has 0 bridgehead atoms. The molecule has 2 aromatic rings. The van der Waals surface area contributed by atoms with Crippen molar-refractivity contribution < 1.29 is 14.7 Å². The first-order chi connectivity index (χ1) is 9.04. The van der Waals surface area contributed by atoms with Crippen LogP contribution < -0.4 is 11.1 Å². The summed E-state index contributed by atoms with van der Waals surface area (Å²) in [6, 6.07) is 6.70. The number of hydrogen-bond donors (Lipinski definition) is 3. The molecule has 6 nitrogen and oxygen atoms in total. The van der Waals surface area contributed by atoms with E-state index in [-0.39, 0.29) is 6.42 Å². The maximum atomic E-state index is 11.0. The SMILES string of the molecule is NC(=O)c1cccc(Nc2nc(CC(=O)O)cs2)c1. The van der Waals surface area contributed by atoms with Crippen LogP contribution in [0.1, 0.15) is 16.1 Å². The summed E-state index contributed by atoms with van der Waals surface area (Å²) < 4.78 is 0. The van der Waals surface area contributed by atoms with Crippen LogP contribution in [0.2, 0.25) is 0 Å². The van der Waals surface area contributed by atoms with Crippen molar-refractivity contribution >= 4 is 34.0 Å². The summed E-state index contributed by atoms with van der Waals surface area (Å²) in [7, 11) is 0. The predicted octanol–water partition coefficient (Wildman–Crippen LogP) is 1.61. The van der Waals surface area contributed by atoms with Crippen LogP contribution in [0.5, 0.6) is 0 Å². The highest BCUT2D eigenvalue weighted by molar-refractivity contribution is 7.13. The Bertz CT molecular complexity index is 624. The predicted molar refractivity (Wildman–Crippen MR) is 71.7 cm³/mol. The number of carbonyl (C=O) groups is 2. The third-order valence-corrected chi connectivity index (χ3v) is 3.09. The van der Waals surface area contributed by atoms with Crippen LogP contribution in [0.4, 0.5) is 10.8 Å². The van der Waals surface area contributed by atoms with Crippen LogP contribution in [0.25, 0.3) is 0 Å². The highest BCUT2D eigenvalue weighted by atomic mass is 32.1. The Labute approximate surface area is 112 Å². The number of primary amides is 1. The molecule has 1 amide bonds. The van der Waals surface area contributed by atoms with Crippen molar-refractivity contribution in [3.05, 3.63) is 40.9 Å². The molecule has 2 rings (SSSR count). The Morgan fingerprint density at radius 2 is 2.21 bits per heavy atom. The third kappa shape index (κ3) is 3.52. The lowest BCUT2D eigenvalue weighted by molar-refractivity contribution is -0.136. The van der Waals surface area contributed by atoms with Crippen molar-refractivity contribution in [2.24, 2.45) is 5.73 Å². The molecule has 1 heterocycles. The molecule has 0 spiro atoms. The molecule has 19 heavy (non-hydrogen) atoms. The Morgan fingerprint density at radius 3 is 2.89 bits per heavy atom. The van der Waals surface area contributed by atoms with E-state index in [9.17, 15) is 9.59 Å². The zero-order valence-electron chi connectivity index (χ0n) is 9.79. The number of nitrogens with one attached hydrogen (secondary N) is 1. The molecule has 0 aliphatic heterocycles. The molecule has 0 atom stereocenters. The lowest BCUT2D eigenvalue weighted by Crippen LogP contribution is -2.10. The van der Waals surface area contributed by atoms with Crippen LogP contribution in [0.15, 0.2) is 29.6 Å². The van der Waals surface area contributed by atoms with Gasteiger partial charge >= 0.3 is 5.97 Å². The van der Waals surface area contributed by atoms with E-state index in [2.05, 4.69) is 10.3 Å². The van der Waals surface area contributed by atoms with Gasteiger partial charge in [0.05, 0.1) is 12.1 Å². The number of carboxylic acids is 1. The number of nitrogens with zero attached hydrogens (tertiary/aromatic N) is 1. The number of aromatic nitrogens is 1. The second-order valence-electron chi connectivity index (χ2n) is 3.78. The number of hydrogen-bond acceptors (Lipinski definition) is 5. The third-order valence-electron chi connectivity index (χ3n) is 2.28. The van der Waals surface area contributed by atoms with Crippen molar-refractivity contribution in [3.63, 3.8) is 0 Å². The lowest BCUT2D eigenvalue weighted by atomic mass is 10.2. The summed E-state index contributed by atoms with van der Waals surface area (Å²) in [4.78, 5) is 25.7. The fourth-order valence-corrected chi connectivity index (χ4v) is 2.20. The number of benzene rings is 1. The highest BCUT2D eigenvalue weighted by Crippen LogP contribution is 2.21. The molecule has 0 unspecified atom stereocenters. The van der Waals surface area contributed by atoms with E-state index in [0.717, 1.165) is 0 Å². The molecule has 0 saturated carbocycles. The maximum Gasteiger partial charge on any atom is 0.309 e. The minimum absolute atomic E-state index is 0.112. The van der Waals surface area contributed by atoms with Gasteiger partial charge in [-0.05, 0) is 18.2 Å². The number of aliphatic carboxylic acids is 1. The van der Waals surface area contributed by atoms with E-state index in [4.69, 9.17) is 10.8 Å². The van der Waals surface area contributed by atoms with Gasteiger partial charge in [-0.2, -0.15) is 0 Å². The minimum Gasteiger partial charge on any atom is -0.481 e. The maximum absolute atomic E-state index is 11.0. The van der Waals surface area contributed by atoms with Gasteiger partial charge in [0.15, 0.2) is 5.13 Å². The largest absolute Gasteiger partial charge is 0.481 e. The second kappa shape index (κ2) is 5.49. The molecular formula is C12H11N3O3S. The molecule has 0 aliphatic carbocycles. The summed E-state index contributed by atoms with van der Waals surface area (Å²) in [6.07, 6.45) is -0.112. The average Bonchev–Trinajstić information content (AvgIpc) is 2.76. The Balaban J connectivity index is 2.12. The van der Waals surface area contributed by atoms with Crippen LogP contribution in [-0.4, -0.2) is 22.0 Å². The molecular weight excluding hydrogens is 266 g/mol. The fraction of sp³-hybridized carbons (Fsp3) is 0.0833. The minimum atomic E-state index is -0.924. The Kier molecular flexibility index (Phi) is 3.76. The summed E-state index contributed by atoms with van der Waals surface area (Å²) in [5, 5.41) is 13.9. The molecule has 98 valence electrons. The number of rotatable bonds is 5. The number of nitrogens with two attached hydrogens (primary N) is 1. The van der Waals surface area contributed by atoms with E-state index >= 15 is 0 Å². The van der Waals surface area contributed by atoms with E-state index < -0.39 is 11.9 Å². The number of carbonyl (C=O) groups excluding carboxylic acids is 1. The molecule has 0 saturated heterocycles. The van der Waals surface area contributed by atoms with Crippen molar-refractivity contribution in [2.45, 2.75) is 6.42 Å². The van der Waals surface area contributed by atoms with Crippen molar-refractivity contribution in [1.29, 1.82) is 0 Å². The molecule has 7 heteroatoms. The first kappa shape index (κ1) is 13.0. The van der Waals surface area contributed by atoms with Gasteiger partial charge in [0, 0.05) is 16.6 Å². The number of thiazole rings is 1. The van der Waals surface area contributed by atoms with E-state index in [1.165, 1.54) is 11.3 Å². The summed E-state index contributed by atoms with van der Waals surface area (Å²) in [6.45, 7) is 0. The summed E-state index contributed by atoms with van der Waals surface area (Å²) in [5.74, 6) is -1.43. The van der Waals surface area contributed by atoms with Gasteiger partial charge < -0.3 is 16.2 Å². The zero-order valence-corrected chi connectivity index (χ0v) is 10.6. The quantitative estimate of drug-likeness (QED) is 0.770. The molecule has 0 radical (unpaired) electrons. The number of amides is 1. The molecule has 4 N–H and O–H groups in total. The average molecular weight is 277 g/mol. The summed E-state index contributed by atoms with van der Waals surface area (Å²) >= 11 is 1.30. The second-order valence-corrected chi connectivity index (χ2v) is 4.64. The number of anilines is 2. The first-order valence-corrected chi connectivity index (χ1v) is 6.25. The highest BCUT2D eigenvalue weighted by Gasteiger charge is 2.07. The van der Waals surface area contributed by atoms with Gasteiger partial charge in [-0.25, -0.2) is 4.98 Å². The van der Waals surface area contributed by atoms with Gasteiger partial charge in [-0.3, -0.25) is 9.59 Å². The molecule has 0 fully saturated rings. The first-order valence-electron chi connectivity index (χ1n) is 5.37. The topological polar surface area (TPSA) is 105 Å². The van der Waals surface area contributed by atoms with Crippen molar-refractivity contribution in [2.75, 3.05) is 5.32 Å². The van der Waals surface area contributed by atoms with Gasteiger partial charge in [0.2, 0.25) is 5.91 Å². The molecule has 1 aromatic heterocycles. The monoisotopic (exact) mass is 277 g/mol. The Hall–Kier alpha value is -2.41. The summed E-state index contributed by atoms with van der Waals surface area (Å²) in [5.41, 5.74) is 6.75. The zero-order chi connectivity index (χ0) is 13.8. The van der Waals surface area contributed by atoms with Gasteiger partial charge in [0.25, 0.3) is 0 Å². The van der Waals surface area contributed by atoms with Crippen LogP contribution in [0.3, 0.4) is 0 Å². The fourth-order valence-electron chi connectivity index (χ4n) is 1.47. The van der Waals surface area contributed by atoms with E-state index in [1.54, 1.807) is 29.6 Å². The van der Waals surface area contributed by atoms with Gasteiger partial charge in [-0.1, -0.05) is 6.07 Å². The van der Waals surface area contributed by atoms with Crippen molar-refractivity contribution in [1.82, 2.24) is 4.98 Å². The Morgan fingerprint density at radius 1 is 1.42 bits per heavy atom. The smallest absolute Gasteiger partial charge is 0.309 e. The van der Waals surface area contributed by atoms with Crippen LogP contribution in [0, 0.1) is 0 Å². The van der Waals surface area contributed by atoms with E-state index in [0.29, 0.717) is 22.1 Å². The van der Waals surface area contributed by atoms with Crippen LogP contribution >= 0.6 is 11.3 Å². The van der Waals surface area contributed by atoms with Gasteiger partial charge in [0.1, 0.15) is 0 Å². The molecule has 0 aliphatic rings. The lowest BCUT2D eigenvalue weighted by Gasteiger charge is -2.03. The normalized spacial score (nSPS) is 10.1. The molecule has 1 aromatic carbocycles.